The zero-order valence-electron chi connectivity index (χ0n) is 12.5. The first kappa shape index (κ1) is 14.9. The lowest BCUT2D eigenvalue weighted by Gasteiger charge is -2.34. The Morgan fingerprint density at radius 3 is 2.26 bits per heavy atom. The number of rotatable bonds is 3. The van der Waals surface area contributed by atoms with Crippen LogP contribution < -0.4 is 5.32 Å². The Morgan fingerprint density at radius 2 is 1.74 bits per heavy atom. The van der Waals surface area contributed by atoms with E-state index in [-0.39, 0.29) is 0 Å². The fourth-order valence-corrected chi connectivity index (χ4v) is 3.70. The highest BCUT2D eigenvalue weighted by Crippen LogP contribution is 2.28. The summed E-state index contributed by atoms with van der Waals surface area (Å²) < 4.78 is 1.17. The molecule has 0 bridgehead atoms. The van der Waals surface area contributed by atoms with Crippen molar-refractivity contribution in [3.05, 3.63) is 27.7 Å². The van der Waals surface area contributed by atoms with E-state index in [1.54, 1.807) is 0 Å². The number of nitrogens with one attached hydrogen (secondary N) is 1. The van der Waals surface area contributed by atoms with E-state index in [4.69, 9.17) is 0 Å². The molecule has 1 fully saturated rings. The van der Waals surface area contributed by atoms with Gasteiger partial charge in [0.25, 0.3) is 0 Å². The summed E-state index contributed by atoms with van der Waals surface area (Å²) in [5.74, 6) is 0.790. The molecule has 1 atom stereocenters. The van der Waals surface area contributed by atoms with Crippen molar-refractivity contribution in [1.29, 1.82) is 0 Å². The van der Waals surface area contributed by atoms with Crippen molar-refractivity contribution in [1.82, 2.24) is 4.90 Å². The van der Waals surface area contributed by atoms with Crippen molar-refractivity contribution in [2.75, 3.05) is 25.5 Å². The number of aryl methyl sites for hydroxylation is 2. The van der Waals surface area contributed by atoms with E-state index < -0.39 is 0 Å². The molecule has 1 saturated heterocycles. The van der Waals surface area contributed by atoms with Crippen LogP contribution in [0.2, 0.25) is 0 Å². The van der Waals surface area contributed by atoms with Crippen molar-refractivity contribution in [2.45, 2.75) is 39.7 Å². The van der Waals surface area contributed by atoms with E-state index in [1.165, 1.54) is 47.2 Å². The molecule has 2 rings (SSSR count). The van der Waals surface area contributed by atoms with Crippen LogP contribution >= 0.6 is 15.9 Å². The van der Waals surface area contributed by atoms with Gasteiger partial charge in [0.15, 0.2) is 0 Å². The highest BCUT2D eigenvalue weighted by Gasteiger charge is 2.22. The molecule has 2 nitrogen and oxygen atoms in total. The van der Waals surface area contributed by atoms with Gasteiger partial charge in [-0.1, -0.05) is 15.9 Å². The highest BCUT2D eigenvalue weighted by molar-refractivity contribution is 9.10. The highest BCUT2D eigenvalue weighted by atomic mass is 79.9. The van der Waals surface area contributed by atoms with Crippen LogP contribution in [0.4, 0.5) is 5.69 Å². The Morgan fingerprint density at radius 1 is 1.21 bits per heavy atom. The maximum Gasteiger partial charge on any atom is 0.0402 e. The zero-order valence-corrected chi connectivity index (χ0v) is 14.0. The van der Waals surface area contributed by atoms with Crippen LogP contribution in [0.25, 0.3) is 0 Å². The van der Waals surface area contributed by atoms with Crippen LogP contribution in [0.3, 0.4) is 0 Å². The maximum atomic E-state index is 3.75. The molecule has 1 aliphatic rings. The minimum absolute atomic E-state index is 0.548. The van der Waals surface area contributed by atoms with Crippen LogP contribution in [0.5, 0.6) is 0 Å². The predicted octanol–water partition coefficient (Wildman–Crippen LogP) is 4.21. The molecule has 0 radical (unpaired) electrons. The third-order valence-corrected chi connectivity index (χ3v) is 4.80. The number of hydrogen-bond acceptors (Lipinski definition) is 2. The van der Waals surface area contributed by atoms with Gasteiger partial charge in [-0.3, -0.25) is 0 Å². The maximum absolute atomic E-state index is 3.75. The van der Waals surface area contributed by atoms with Crippen molar-refractivity contribution < 1.29 is 0 Å². The third kappa shape index (κ3) is 3.73. The normalized spacial score (nSPS) is 19.4. The van der Waals surface area contributed by atoms with Crippen LogP contribution in [0.1, 0.15) is 30.9 Å². The number of hydrogen-bond donors (Lipinski definition) is 1. The van der Waals surface area contributed by atoms with Crippen LogP contribution in [0.15, 0.2) is 16.6 Å². The second kappa shape index (κ2) is 6.27. The van der Waals surface area contributed by atoms with Gasteiger partial charge in [-0.15, -0.1) is 0 Å². The molecule has 1 N–H and O–H groups in total. The molecular weight excluding hydrogens is 300 g/mol. The molecule has 19 heavy (non-hydrogen) atoms. The quantitative estimate of drug-likeness (QED) is 0.896. The molecule has 0 aliphatic carbocycles. The standard InChI is InChI=1S/C16H25BrN2/c1-11-9-15(17)10-12(2)16(11)18-13(3)14-5-7-19(4)8-6-14/h9-10,13-14,18H,5-8H2,1-4H3. The van der Waals surface area contributed by atoms with E-state index in [2.05, 4.69) is 66.1 Å². The first-order valence-electron chi connectivity index (χ1n) is 7.19. The fourth-order valence-electron chi connectivity index (χ4n) is 3.01. The van der Waals surface area contributed by atoms with Crippen LogP contribution in [0, 0.1) is 19.8 Å². The average Bonchev–Trinajstić information content (AvgIpc) is 2.34. The summed E-state index contributed by atoms with van der Waals surface area (Å²) in [6, 6.07) is 4.93. The molecule has 1 aliphatic heterocycles. The lowest BCUT2D eigenvalue weighted by atomic mass is 9.90. The van der Waals surface area contributed by atoms with Crippen LogP contribution in [-0.2, 0) is 0 Å². The molecule has 0 amide bonds. The largest absolute Gasteiger partial charge is 0.382 e. The summed E-state index contributed by atoms with van der Waals surface area (Å²) >= 11 is 3.56. The minimum Gasteiger partial charge on any atom is -0.382 e. The fraction of sp³-hybridized carbons (Fsp3) is 0.625. The van der Waals surface area contributed by atoms with Crippen molar-refractivity contribution >= 4 is 21.6 Å². The Kier molecular flexibility index (Phi) is 4.91. The molecule has 1 unspecified atom stereocenters. The van der Waals surface area contributed by atoms with Gasteiger partial charge < -0.3 is 10.2 Å². The minimum atomic E-state index is 0.548. The zero-order chi connectivity index (χ0) is 14.0. The summed E-state index contributed by atoms with van der Waals surface area (Å²) in [5.41, 5.74) is 3.97. The first-order chi connectivity index (χ1) is 8.97. The lowest BCUT2D eigenvalue weighted by molar-refractivity contribution is 0.208. The lowest BCUT2D eigenvalue weighted by Crippen LogP contribution is -2.37. The molecule has 1 aromatic carbocycles. The van der Waals surface area contributed by atoms with Gasteiger partial charge in [-0.2, -0.15) is 0 Å². The molecule has 106 valence electrons. The second-order valence-electron chi connectivity index (χ2n) is 5.99. The Labute approximate surface area is 125 Å². The number of benzene rings is 1. The van der Waals surface area contributed by atoms with Gasteiger partial charge >= 0.3 is 0 Å². The Balaban J connectivity index is 2.04. The van der Waals surface area contributed by atoms with Crippen molar-refractivity contribution in [3.8, 4) is 0 Å². The van der Waals surface area contributed by atoms with E-state index in [1.807, 2.05) is 0 Å². The molecular formula is C16H25BrN2. The molecule has 3 heteroatoms. The summed E-state index contributed by atoms with van der Waals surface area (Å²) in [4.78, 5) is 2.43. The Hall–Kier alpha value is -0.540. The topological polar surface area (TPSA) is 15.3 Å². The second-order valence-corrected chi connectivity index (χ2v) is 6.90. The van der Waals surface area contributed by atoms with E-state index in [0.717, 1.165) is 5.92 Å². The van der Waals surface area contributed by atoms with Gasteiger partial charge in [-0.25, -0.2) is 0 Å². The number of nitrogens with zero attached hydrogens (tertiary/aromatic N) is 1. The van der Waals surface area contributed by atoms with E-state index >= 15 is 0 Å². The molecule has 0 saturated carbocycles. The summed E-state index contributed by atoms with van der Waals surface area (Å²) in [6.07, 6.45) is 2.61. The molecule has 0 aromatic heterocycles. The number of halogens is 1. The van der Waals surface area contributed by atoms with E-state index in [0.29, 0.717) is 6.04 Å². The average molecular weight is 325 g/mol. The SMILES string of the molecule is Cc1cc(Br)cc(C)c1NC(C)C1CCN(C)CC1. The molecule has 1 heterocycles. The molecule has 0 spiro atoms. The van der Waals surface area contributed by atoms with Gasteiger partial charge in [0.1, 0.15) is 0 Å². The van der Waals surface area contributed by atoms with Gasteiger partial charge in [0.2, 0.25) is 0 Å². The first-order valence-corrected chi connectivity index (χ1v) is 7.98. The summed E-state index contributed by atoms with van der Waals surface area (Å²) in [6.45, 7) is 9.16. The number of piperidine rings is 1. The van der Waals surface area contributed by atoms with Gasteiger partial charge in [0.05, 0.1) is 0 Å². The smallest absolute Gasteiger partial charge is 0.0402 e. The van der Waals surface area contributed by atoms with Crippen LogP contribution in [-0.4, -0.2) is 31.1 Å². The van der Waals surface area contributed by atoms with Crippen molar-refractivity contribution in [3.63, 3.8) is 0 Å². The monoisotopic (exact) mass is 324 g/mol. The third-order valence-electron chi connectivity index (χ3n) is 4.34. The van der Waals surface area contributed by atoms with Gasteiger partial charge in [-0.05, 0) is 82.9 Å². The summed E-state index contributed by atoms with van der Waals surface area (Å²) in [7, 11) is 2.22. The number of likely N-dealkylation sites (tertiary alicyclic amines) is 1. The Bertz CT molecular complexity index is 413. The van der Waals surface area contributed by atoms with E-state index in [9.17, 15) is 0 Å². The predicted molar refractivity (Wildman–Crippen MR) is 86.9 cm³/mol. The number of anilines is 1. The van der Waals surface area contributed by atoms with Crippen molar-refractivity contribution in [2.24, 2.45) is 5.92 Å². The summed E-state index contributed by atoms with van der Waals surface area (Å²) in [5, 5.41) is 3.75. The molecule has 1 aromatic rings. The van der Waals surface area contributed by atoms with Gasteiger partial charge in [0, 0.05) is 16.2 Å².